The van der Waals surface area contributed by atoms with Crippen molar-refractivity contribution in [3.63, 3.8) is 0 Å². The van der Waals surface area contributed by atoms with Crippen molar-refractivity contribution in [3.05, 3.63) is 66.2 Å². The Kier molecular flexibility index (Phi) is 4.53. The Hall–Kier alpha value is -2.59. The second-order valence-electron chi connectivity index (χ2n) is 6.66. The SMILES string of the molecule is Nc1c(CN2CCCCC2)c(-c2ccccc2)nn1-c1ccccc1. The molecule has 1 saturated heterocycles. The molecule has 4 rings (SSSR count). The van der Waals surface area contributed by atoms with E-state index >= 15 is 0 Å². The first-order valence-electron chi connectivity index (χ1n) is 9.03. The zero-order valence-corrected chi connectivity index (χ0v) is 14.4. The molecule has 0 atom stereocenters. The predicted molar refractivity (Wildman–Crippen MR) is 103 cm³/mol. The molecular formula is C21H24N4. The molecule has 2 aromatic carbocycles. The molecule has 0 radical (unpaired) electrons. The lowest BCUT2D eigenvalue weighted by Gasteiger charge is -2.26. The highest BCUT2D eigenvalue weighted by Gasteiger charge is 2.21. The van der Waals surface area contributed by atoms with Gasteiger partial charge in [-0.2, -0.15) is 5.10 Å². The van der Waals surface area contributed by atoms with E-state index in [4.69, 9.17) is 10.8 Å². The number of nitrogen functional groups attached to an aromatic ring is 1. The van der Waals surface area contributed by atoms with E-state index in [2.05, 4.69) is 29.2 Å². The molecule has 0 amide bonds. The largest absolute Gasteiger partial charge is 0.383 e. The number of piperidine rings is 1. The van der Waals surface area contributed by atoms with Gasteiger partial charge in [-0.25, -0.2) is 4.68 Å². The lowest BCUT2D eigenvalue weighted by Crippen LogP contribution is -2.29. The molecule has 1 aliphatic heterocycles. The molecule has 0 aliphatic carbocycles. The van der Waals surface area contributed by atoms with E-state index in [1.54, 1.807) is 0 Å². The molecule has 25 heavy (non-hydrogen) atoms. The van der Waals surface area contributed by atoms with Crippen molar-refractivity contribution in [1.29, 1.82) is 0 Å². The van der Waals surface area contributed by atoms with Crippen molar-refractivity contribution >= 4 is 5.82 Å². The zero-order chi connectivity index (χ0) is 17.1. The number of para-hydroxylation sites is 1. The van der Waals surface area contributed by atoms with Crippen LogP contribution in [0.5, 0.6) is 0 Å². The Balaban J connectivity index is 1.78. The second-order valence-corrected chi connectivity index (χ2v) is 6.66. The first-order valence-corrected chi connectivity index (χ1v) is 9.03. The van der Waals surface area contributed by atoms with Gasteiger partial charge in [0.1, 0.15) is 5.82 Å². The number of anilines is 1. The fourth-order valence-electron chi connectivity index (χ4n) is 3.55. The summed E-state index contributed by atoms with van der Waals surface area (Å²) in [5, 5.41) is 4.88. The van der Waals surface area contributed by atoms with Gasteiger partial charge in [-0.3, -0.25) is 4.90 Å². The number of nitrogens with two attached hydrogens (primary N) is 1. The van der Waals surface area contributed by atoms with Crippen molar-refractivity contribution in [2.45, 2.75) is 25.8 Å². The van der Waals surface area contributed by atoms with Crippen molar-refractivity contribution < 1.29 is 0 Å². The van der Waals surface area contributed by atoms with Crippen LogP contribution in [0.2, 0.25) is 0 Å². The van der Waals surface area contributed by atoms with E-state index in [9.17, 15) is 0 Å². The Morgan fingerprint density at radius 2 is 1.48 bits per heavy atom. The number of aromatic nitrogens is 2. The maximum absolute atomic E-state index is 6.56. The van der Waals surface area contributed by atoms with Gasteiger partial charge in [0, 0.05) is 17.7 Å². The topological polar surface area (TPSA) is 47.1 Å². The van der Waals surface area contributed by atoms with Crippen LogP contribution in [0.25, 0.3) is 16.9 Å². The summed E-state index contributed by atoms with van der Waals surface area (Å²) in [7, 11) is 0. The molecule has 0 saturated carbocycles. The Labute approximate surface area is 148 Å². The lowest BCUT2D eigenvalue weighted by atomic mass is 10.1. The van der Waals surface area contributed by atoms with Gasteiger partial charge in [-0.1, -0.05) is 55.0 Å². The van der Waals surface area contributed by atoms with Crippen LogP contribution in [-0.4, -0.2) is 27.8 Å². The minimum atomic E-state index is 0.746. The number of likely N-dealkylation sites (tertiary alicyclic amines) is 1. The van der Waals surface area contributed by atoms with E-state index in [0.717, 1.165) is 48.0 Å². The number of benzene rings is 2. The summed E-state index contributed by atoms with van der Waals surface area (Å²) in [6.07, 6.45) is 3.88. The van der Waals surface area contributed by atoms with E-state index in [1.807, 2.05) is 41.1 Å². The average molecular weight is 332 g/mol. The Bertz CT molecular complexity index is 818. The number of hydrogen-bond donors (Lipinski definition) is 1. The standard InChI is InChI=1S/C21H24N4/c22-21-19(16-24-14-8-3-9-15-24)20(17-10-4-1-5-11-17)23-25(21)18-12-6-2-7-13-18/h1-2,4-7,10-13H,3,8-9,14-16,22H2. The van der Waals surface area contributed by atoms with Gasteiger partial charge < -0.3 is 5.73 Å². The number of rotatable bonds is 4. The van der Waals surface area contributed by atoms with Crippen LogP contribution in [0.15, 0.2) is 60.7 Å². The van der Waals surface area contributed by atoms with E-state index in [0.29, 0.717) is 0 Å². The Morgan fingerprint density at radius 3 is 2.16 bits per heavy atom. The summed E-state index contributed by atoms with van der Waals surface area (Å²) >= 11 is 0. The molecule has 0 bridgehead atoms. The third-order valence-corrected chi connectivity index (χ3v) is 4.90. The molecular weight excluding hydrogens is 308 g/mol. The van der Waals surface area contributed by atoms with E-state index in [-0.39, 0.29) is 0 Å². The first-order chi connectivity index (χ1) is 12.3. The average Bonchev–Trinajstić information content (AvgIpc) is 3.01. The van der Waals surface area contributed by atoms with Gasteiger partial charge in [0.25, 0.3) is 0 Å². The van der Waals surface area contributed by atoms with Gasteiger partial charge in [0.2, 0.25) is 0 Å². The summed E-state index contributed by atoms with van der Waals surface area (Å²) in [5.41, 5.74) is 10.8. The molecule has 4 nitrogen and oxygen atoms in total. The van der Waals surface area contributed by atoms with Crippen molar-refractivity contribution in [1.82, 2.24) is 14.7 Å². The van der Waals surface area contributed by atoms with Crippen LogP contribution in [0.1, 0.15) is 24.8 Å². The highest BCUT2D eigenvalue weighted by molar-refractivity contribution is 5.69. The summed E-state index contributed by atoms with van der Waals surface area (Å²) in [4.78, 5) is 2.50. The quantitative estimate of drug-likeness (QED) is 0.782. The van der Waals surface area contributed by atoms with Crippen LogP contribution in [-0.2, 0) is 6.54 Å². The predicted octanol–water partition coefficient (Wildman–Crippen LogP) is 4.11. The summed E-state index contributed by atoms with van der Waals surface area (Å²) in [5.74, 6) is 0.746. The first kappa shape index (κ1) is 15.9. The molecule has 2 N–H and O–H groups in total. The van der Waals surface area contributed by atoms with Crippen LogP contribution < -0.4 is 5.73 Å². The number of nitrogens with zero attached hydrogens (tertiary/aromatic N) is 3. The third kappa shape index (κ3) is 3.30. The molecule has 1 aliphatic rings. The zero-order valence-electron chi connectivity index (χ0n) is 14.4. The third-order valence-electron chi connectivity index (χ3n) is 4.90. The fraction of sp³-hybridized carbons (Fsp3) is 0.286. The van der Waals surface area contributed by atoms with Crippen molar-refractivity contribution in [3.8, 4) is 16.9 Å². The van der Waals surface area contributed by atoms with Crippen LogP contribution in [0, 0.1) is 0 Å². The van der Waals surface area contributed by atoms with Gasteiger partial charge >= 0.3 is 0 Å². The highest BCUT2D eigenvalue weighted by Crippen LogP contribution is 2.31. The maximum Gasteiger partial charge on any atom is 0.132 e. The van der Waals surface area contributed by atoms with Crippen molar-refractivity contribution in [2.75, 3.05) is 18.8 Å². The highest BCUT2D eigenvalue weighted by atomic mass is 15.3. The molecule has 0 spiro atoms. The van der Waals surface area contributed by atoms with E-state index < -0.39 is 0 Å². The van der Waals surface area contributed by atoms with Crippen molar-refractivity contribution in [2.24, 2.45) is 0 Å². The molecule has 128 valence electrons. The minimum absolute atomic E-state index is 0.746. The van der Waals surface area contributed by atoms with Crippen LogP contribution >= 0.6 is 0 Å². The fourth-order valence-corrected chi connectivity index (χ4v) is 3.55. The summed E-state index contributed by atoms with van der Waals surface area (Å²) in [6.45, 7) is 3.15. The molecule has 2 heterocycles. The summed E-state index contributed by atoms with van der Waals surface area (Å²) in [6, 6.07) is 20.5. The molecule has 1 fully saturated rings. The molecule has 4 heteroatoms. The van der Waals surface area contributed by atoms with Crippen LogP contribution in [0.3, 0.4) is 0 Å². The van der Waals surface area contributed by atoms with Gasteiger partial charge in [-0.05, 0) is 38.1 Å². The summed E-state index contributed by atoms with van der Waals surface area (Å²) < 4.78 is 1.88. The van der Waals surface area contributed by atoms with E-state index in [1.165, 1.54) is 19.3 Å². The molecule has 0 unspecified atom stereocenters. The lowest BCUT2D eigenvalue weighted by molar-refractivity contribution is 0.221. The second kappa shape index (κ2) is 7.11. The smallest absolute Gasteiger partial charge is 0.132 e. The maximum atomic E-state index is 6.56. The van der Waals surface area contributed by atoms with Crippen LogP contribution in [0.4, 0.5) is 5.82 Å². The van der Waals surface area contributed by atoms with Gasteiger partial charge in [0.15, 0.2) is 0 Å². The Morgan fingerprint density at radius 1 is 0.840 bits per heavy atom. The van der Waals surface area contributed by atoms with Gasteiger partial charge in [-0.15, -0.1) is 0 Å². The molecule has 1 aromatic heterocycles. The number of hydrogen-bond acceptors (Lipinski definition) is 3. The van der Waals surface area contributed by atoms with Gasteiger partial charge in [0.05, 0.1) is 11.4 Å². The minimum Gasteiger partial charge on any atom is -0.383 e. The molecule has 3 aromatic rings. The monoisotopic (exact) mass is 332 g/mol. The normalized spacial score (nSPS) is 15.4.